The van der Waals surface area contributed by atoms with Gasteiger partial charge in [-0.1, -0.05) is 67.1 Å². The zero-order valence-electron chi connectivity index (χ0n) is 24.1. The van der Waals surface area contributed by atoms with Crippen molar-refractivity contribution in [1.82, 2.24) is 10.2 Å². The quantitative estimate of drug-likeness (QED) is 0.304. The topological polar surface area (TPSA) is 96.0 Å². The molecule has 0 spiro atoms. The summed E-state index contributed by atoms with van der Waals surface area (Å²) in [4.78, 5) is 29.0. The van der Waals surface area contributed by atoms with Crippen molar-refractivity contribution in [3.8, 4) is 5.75 Å². The van der Waals surface area contributed by atoms with Crippen LogP contribution < -0.4 is 14.4 Å². The average molecular weight is 600 g/mol. The number of hydrogen-bond acceptors (Lipinski definition) is 5. The van der Waals surface area contributed by atoms with Crippen molar-refractivity contribution in [2.45, 2.75) is 57.0 Å². The molecule has 3 aromatic carbocycles. The number of ether oxygens (including phenoxy) is 1. The predicted octanol–water partition coefficient (Wildman–Crippen LogP) is 5.31. The first kappa shape index (κ1) is 32.0. The number of benzene rings is 3. The van der Waals surface area contributed by atoms with Crippen LogP contribution >= 0.6 is 11.6 Å². The van der Waals surface area contributed by atoms with Gasteiger partial charge in [-0.25, -0.2) is 8.42 Å². The molecule has 0 heterocycles. The first-order chi connectivity index (χ1) is 19.4. The Labute approximate surface area is 248 Å². The van der Waals surface area contributed by atoms with Gasteiger partial charge < -0.3 is 15.0 Å². The van der Waals surface area contributed by atoms with Gasteiger partial charge in [-0.05, 0) is 69.5 Å². The summed E-state index contributed by atoms with van der Waals surface area (Å²) in [5.41, 5.74) is 0.677. The number of halogens is 1. The summed E-state index contributed by atoms with van der Waals surface area (Å²) in [6, 6.07) is 21.2. The number of nitrogens with one attached hydrogen (secondary N) is 1. The highest BCUT2D eigenvalue weighted by molar-refractivity contribution is 7.92. The van der Waals surface area contributed by atoms with Crippen LogP contribution in [-0.2, 0) is 26.0 Å². The molecule has 0 aromatic heterocycles. The highest BCUT2D eigenvalue weighted by Crippen LogP contribution is 2.32. The molecule has 0 aliphatic rings. The minimum atomic E-state index is -4.18. The van der Waals surface area contributed by atoms with E-state index in [1.54, 1.807) is 24.3 Å². The Balaban J connectivity index is 2.04. The number of carbonyl (C=O) groups is 2. The number of anilines is 1. The molecule has 0 saturated carbocycles. The standard InChI is InChI=1S/C31H38ClN3O5S/c1-6-27(30(37)33-31(2,3)4)34(20-19-23-13-9-7-10-14-23)29(36)22-35(24-17-18-28(40-5)26(32)21-24)41(38,39)25-15-11-8-12-16-25/h7-18,21,27H,6,19-20,22H2,1-5H3,(H,33,37). The van der Waals surface area contributed by atoms with E-state index < -0.39 is 34.1 Å². The van der Waals surface area contributed by atoms with Crippen LogP contribution in [0.25, 0.3) is 0 Å². The number of sulfonamides is 1. The highest BCUT2D eigenvalue weighted by Gasteiger charge is 2.34. The molecule has 0 aliphatic carbocycles. The lowest BCUT2D eigenvalue weighted by atomic mass is 10.1. The molecule has 3 aromatic rings. The summed E-state index contributed by atoms with van der Waals surface area (Å²) in [5, 5.41) is 3.17. The average Bonchev–Trinajstić information content (AvgIpc) is 2.93. The van der Waals surface area contributed by atoms with Crippen molar-refractivity contribution in [3.63, 3.8) is 0 Å². The Bertz CT molecular complexity index is 1430. The van der Waals surface area contributed by atoms with Gasteiger partial charge in [0.05, 0.1) is 22.7 Å². The summed E-state index contributed by atoms with van der Waals surface area (Å²) < 4.78 is 34.1. The molecule has 0 bridgehead atoms. The van der Waals surface area contributed by atoms with E-state index >= 15 is 0 Å². The van der Waals surface area contributed by atoms with Crippen molar-refractivity contribution >= 4 is 39.1 Å². The molecule has 0 radical (unpaired) electrons. The smallest absolute Gasteiger partial charge is 0.264 e. The lowest BCUT2D eigenvalue weighted by Gasteiger charge is -2.34. The molecule has 1 atom stereocenters. The Morgan fingerprint density at radius 3 is 2.12 bits per heavy atom. The van der Waals surface area contributed by atoms with Gasteiger partial charge in [-0.2, -0.15) is 0 Å². The SMILES string of the molecule is CCC(C(=O)NC(C)(C)C)N(CCc1ccccc1)C(=O)CN(c1ccc(OC)c(Cl)c1)S(=O)(=O)c1ccccc1. The van der Waals surface area contributed by atoms with Gasteiger partial charge in [0, 0.05) is 12.1 Å². The summed E-state index contributed by atoms with van der Waals surface area (Å²) in [6.07, 6.45) is 0.841. The summed E-state index contributed by atoms with van der Waals surface area (Å²) in [7, 11) is -2.72. The van der Waals surface area contributed by atoms with E-state index in [0.717, 1.165) is 9.87 Å². The van der Waals surface area contributed by atoms with Crippen LogP contribution in [0.2, 0.25) is 5.02 Å². The predicted molar refractivity (Wildman–Crippen MR) is 163 cm³/mol. The Kier molecular flexibility index (Phi) is 10.8. The lowest BCUT2D eigenvalue weighted by molar-refractivity contribution is -0.140. The van der Waals surface area contributed by atoms with E-state index in [-0.39, 0.29) is 28.1 Å². The maximum atomic E-state index is 14.1. The summed E-state index contributed by atoms with van der Waals surface area (Å²) in [5.74, 6) is -0.442. The molecule has 1 N–H and O–H groups in total. The fourth-order valence-corrected chi connectivity index (χ4v) is 6.09. The maximum absolute atomic E-state index is 14.1. The molecule has 3 rings (SSSR count). The third-order valence-corrected chi connectivity index (χ3v) is 8.49. The van der Waals surface area contributed by atoms with Crippen LogP contribution in [0.1, 0.15) is 39.7 Å². The monoisotopic (exact) mass is 599 g/mol. The van der Waals surface area contributed by atoms with Gasteiger partial charge in [-0.3, -0.25) is 13.9 Å². The molecule has 220 valence electrons. The van der Waals surface area contributed by atoms with Crippen LogP contribution in [0.3, 0.4) is 0 Å². The second-order valence-corrected chi connectivity index (χ2v) is 12.9. The Hall–Kier alpha value is -3.56. The normalized spacial score (nSPS) is 12.3. The van der Waals surface area contributed by atoms with Gasteiger partial charge >= 0.3 is 0 Å². The van der Waals surface area contributed by atoms with Crippen LogP contribution in [0.5, 0.6) is 5.75 Å². The fraction of sp³-hybridized carbons (Fsp3) is 0.355. The van der Waals surface area contributed by atoms with E-state index in [0.29, 0.717) is 18.6 Å². The molecule has 0 fully saturated rings. The number of methoxy groups -OCH3 is 1. The molecule has 2 amide bonds. The van der Waals surface area contributed by atoms with E-state index in [1.165, 1.54) is 36.3 Å². The number of nitrogens with zero attached hydrogens (tertiary/aromatic N) is 2. The first-order valence-corrected chi connectivity index (χ1v) is 15.3. The Morgan fingerprint density at radius 1 is 0.976 bits per heavy atom. The van der Waals surface area contributed by atoms with Gasteiger partial charge in [0.25, 0.3) is 10.0 Å². The number of amides is 2. The van der Waals surface area contributed by atoms with Crippen molar-refractivity contribution in [1.29, 1.82) is 0 Å². The van der Waals surface area contributed by atoms with E-state index in [1.807, 2.05) is 58.0 Å². The van der Waals surface area contributed by atoms with Gasteiger partial charge in [0.2, 0.25) is 11.8 Å². The van der Waals surface area contributed by atoms with E-state index in [2.05, 4.69) is 5.32 Å². The van der Waals surface area contributed by atoms with Crippen LogP contribution in [0, 0.1) is 0 Å². The fourth-order valence-electron chi connectivity index (χ4n) is 4.41. The van der Waals surface area contributed by atoms with E-state index in [4.69, 9.17) is 16.3 Å². The summed E-state index contributed by atoms with van der Waals surface area (Å²) in [6.45, 7) is 7.13. The number of rotatable bonds is 12. The van der Waals surface area contributed by atoms with E-state index in [9.17, 15) is 18.0 Å². The second-order valence-electron chi connectivity index (χ2n) is 10.6. The molecular weight excluding hydrogens is 562 g/mol. The first-order valence-electron chi connectivity index (χ1n) is 13.4. The summed E-state index contributed by atoms with van der Waals surface area (Å²) >= 11 is 6.37. The van der Waals surface area contributed by atoms with Gasteiger partial charge in [0.15, 0.2) is 0 Å². The minimum Gasteiger partial charge on any atom is -0.495 e. The van der Waals surface area contributed by atoms with Crippen molar-refractivity contribution in [3.05, 3.63) is 89.4 Å². The number of hydrogen-bond donors (Lipinski definition) is 1. The molecule has 1 unspecified atom stereocenters. The highest BCUT2D eigenvalue weighted by atomic mass is 35.5. The zero-order valence-corrected chi connectivity index (χ0v) is 25.7. The van der Waals surface area contributed by atoms with Crippen LogP contribution in [0.4, 0.5) is 5.69 Å². The number of carbonyl (C=O) groups excluding carboxylic acids is 2. The molecule has 10 heteroatoms. The third-order valence-electron chi connectivity index (χ3n) is 6.40. The van der Waals surface area contributed by atoms with Crippen molar-refractivity contribution in [2.75, 3.05) is 24.5 Å². The lowest BCUT2D eigenvalue weighted by Crippen LogP contribution is -2.56. The molecular formula is C31H38ClN3O5S. The molecule has 0 aliphatic heterocycles. The van der Waals surface area contributed by atoms with Crippen molar-refractivity contribution < 1.29 is 22.7 Å². The maximum Gasteiger partial charge on any atom is 0.264 e. The zero-order chi connectivity index (χ0) is 30.2. The molecule has 0 saturated heterocycles. The third kappa shape index (κ3) is 8.47. The van der Waals surface area contributed by atoms with Crippen LogP contribution in [0.15, 0.2) is 83.8 Å². The second kappa shape index (κ2) is 13.9. The van der Waals surface area contributed by atoms with Crippen molar-refractivity contribution in [2.24, 2.45) is 0 Å². The van der Waals surface area contributed by atoms with Crippen LogP contribution in [-0.4, -0.2) is 56.9 Å². The molecule has 41 heavy (non-hydrogen) atoms. The minimum absolute atomic E-state index is 0.0214. The largest absolute Gasteiger partial charge is 0.495 e. The molecule has 8 nitrogen and oxygen atoms in total. The van der Waals surface area contributed by atoms with Gasteiger partial charge in [-0.15, -0.1) is 0 Å². The Morgan fingerprint density at radius 2 is 1.59 bits per heavy atom. The van der Waals surface area contributed by atoms with Gasteiger partial charge in [0.1, 0.15) is 18.3 Å².